The third kappa shape index (κ3) is 4.67. The molecule has 2 rings (SSSR count). The Bertz CT molecular complexity index is 520. The zero-order chi connectivity index (χ0) is 14.4. The molecule has 0 spiro atoms. The first kappa shape index (κ1) is 14.5. The number of benzene rings is 1. The number of nitrogens with zero attached hydrogens (tertiary/aromatic N) is 2. The molecule has 0 aliphatic rings. The van der Waals surface area contributed by atoms with Crippen LogP contribution in [0.3, 0.4) is 0 Å². The van der Waals surface area contributed by atoms with Crippen molar-refractivity contribution in [1.29, 1.82) is 0 Å². The van der Waals surface area contributed by atoms with E-state index in [0.717, 1.165) is 24.5 Å². The number of ether oxygens (including phenoxy) is 1. The standard InChI is InChI=1S/C17H22N2O/c1-14-10-15(2)12-17(11-14)20-9-8-19(3)13-16-6-4-5-7-18-16/h4-7,10-12H,8-9,13H2,1-3H3. The summed E-state index contributed by atoms with van der Waals surface area (Å²) in [5.41, 5.74) is 3.56. The van der Waals surface area contributed by atoms with Gasteiger partial charge in [-0.3, -0.25) is 9.88 Å². The second-order valence-electron chi connectivity index (χ2n) is 5.23. The van der Waals surface area contributed by atoms with Crippen LogP contribution in [0.25, 0.3) is 0 Å². The second-order valence-corrected chi connectivity index (χ2v) is 5.23. The molecule has 0 radical (unpaired) electrons. The van der Waals surface area contributed by atoms with Gasteiger partial charge in [0.2, 0.25) is 0 Å². The largest absolute Gasteiger partial charge is 0.492 e. The summed E-state index contributed by atoms with van der Waals surface area (Å²) in [6.07, 6.45) is 1.83. The maximum Gasteiger partial charge on any atom is 0.119 e. The molecule has 0 amide bonds. The Morgan fingerprint density at radius 1 is 1.10 bits per heavy atom. The van der Waals surface area contributed by atoms with E-state index in [-0.39, 0.29) is 0 Å². The van der Waals surface area contributed by atoms with Gasteiger partial charge in [0.1, 0.15) is 12.4 Å². The molecule has 20 heavy (non-hydrogen) atoms. The molecule has 106 valence electrons. The highest BCUT2D eigenvalue weighted by molar-refractivity contribution is 5.32. The van der Waals surface area contributed by atoms with E-state index in [1.54, 1.807) is 0 Å². The van der Waals surface area contributed by atoms with Crippen LogP contribution in [0.15, 0.2) is 42.6 Å². The van der Waals surface area contributed by atoms with Crippen LogP contribution in [-0.2, 0) is 6.54 Å². The zero-order valence-electron chi connectivity index (χ0n) is 12.5. The molecule has 0 atom stereocenters. The smallest absolute Gasteiger partial charge is 0.119 e. The summed E-state index contributed by atoms with van der Waals surface area (Å²) in [6, 6.07) is 12.3. The summed E-state index contributed by atoms with van der Waals surface area (Å²) in [4.78, 5) is 6.54. The lowest BCUT2D eigenvalue weighted by molar-refractivity contribution is 0.231. The van der Waals surface area contributed by atoms with Crippen LogP contribution < -0.4 is 4.74 Å². The summed E-state index contributed by atoms with van der Waals surface area (Å²) in [5, 5.41) is 0. The van der Waals surface area contributed by atoms with Crippen LogP contribution in [0.4, 0.5) is 0 Å². The quantitative estimate of drug-likeness (QED) is 0.806. The highest BCUT2D eigenvalue weighted by Crippen LogP contribution is 2.16. The lowest BCUT2D eigenvalue weighted by Crippen LogP contribution is -2.24. The molecule has 0 saturated heterocycles. The fraction of sp³-hybridized carbons (Fsp3) is 0.353. The molecule has 1 aromatic carbocycles. The molecule has 0 aliphatic carbocycles. The molecule has 0 saturated carbocycles. The Balaban J connectivity index is 1.78. The molecule has 3 heteroatoms. The maximum atomic E-state index is 5.81. The minimum atomic E-state index is 0.687. The summed E-state index contributed by atoms with van der Waals surface area (Å²) in [5.74, 6) is 0.953. The van der Waals surface area contributed by atoms with Crippen LogP contribution in [0.2, 0.25) is 0 Å². The van der Waals surface area contributed by atoms with Gasteiger partial charge < -0.3 is 4.74 Å². The summed E-state index contributed by atoms with van der Waals surface area (Å²) < 4.78 is 5.81. The van der Waals surface area contributed by atoms with Crippen molar-refractivity contribution in [2.75, 3.05) is 20.2 Å². The van der Waals surface area contributed by atoms with Gasteiger partial charge in [-0.15, -0.1) is 0 Å². The predicted molar refractivity (Wildman–Crippen MR) is 82.0 cm³/mol. The summed E-state index contributed by atoms with van der Waals surface area (Å²) in [7, 11) is 2.08. The van der Waals surface area contributed by atoms with E-state index in [9.17, 15) is 0 Å². The summed E-state index contributed by atoms with van der Waals surface area (Å²) >= 11 is 0. The number of aryl methyl sites for hydroxylation is 2. The van der Waals surface area contributed by atoms with E-state index in [1.807, 2.05) is 24.4 Å². The van der Waals surface area contributed by atoms with Crippen LogP contribution in [-0.4, -0.2) is 30.1 Å². The van der Waals surface area contributed by atoms with Crippen molar-refractivity contribution in [3.8, 4) is 5.75 Å². The Morgan fingerprint density at radius 3 is 2.50 bits per heavy atom. The number of hydrogen-bond donors (Lipinski definition) is 0. The predicted octanol–water partition coefficient (Wildman–Crippen LogP) is 3.21. The average molecular weight is 270 g/mol. The van der Waals surface area contributed by atoms with Gasteiger partial charge in [-0.2, -0.15) is 0 Å². The van der Waals surface area contributed by atoms with Crippen LogP contribution in [0.5, 0.6) is 5.75 Å². The molecule has 0 bridgehead atoms. The Morgan fingerprint density at radius 2 is 1.85 bits per heavy atom. The SMILES string of the molecule is Cc1cc(C)cc(OCCN(C)Cc2ccccn2)c1. The Hall–Kier alpha value is -1.87. The van der Waals surface area contributed by atoms with Gasteiger partial charge in [-0.05, 0) is 56.3 Å². The molecule has 0 fully saturated rings. The van der Waals surface area contributed by atoms with Crippen LogP contribution in [0.1, 0.15) is 16.8 Å². The molecule has 1 aromatic heterocycles. The van der Waals surface area contributed by atoms with Crippen molar-refractivity contribution in [2.45, 2.75) is 20.4 Å². The maximum absolute atomic E-state index is 5.81. The second kappa shape index (κ2) is 7.06. The molecule has 0 aliphatic heterocycles. The molecule has 3 nitrogen and oxygen atoms in total. The number of pyridine rings is 1. The molecular weight excluding hydrogens is 248 g/mol. The number of likely N-dealkylation sites (N-methyl/N-ethyl adjacent to an activating group) is 1. The van der Waals surface area contributed by atoms with Gasteiger partial charge in [0.15, 0.2) is 0 Å². The van der Waals surface area contributed by atoms with E-state index in [2.05, 4.69) is 49.0 Å². The average Bonchev–Trinajstić information content (AvgIpc) is 2.38. The summed E-state index contributed by atoms with van der Waals surface area (Å²) in [6.45, 7) is 6.59. The fourth-order valence-electron chi connectivity index (χ4n) is 2.18. The Kier molecular flexibility index (Phi) is 5.13. The van der Waals surface area contributed by atoms with Crippen molar-refractivity contribution >= 4 is 0 Å². The van der Waals surface area contributed by atoms with Crippen molar-refractivity contribution < 1.29 is 4.74 Å². The molecule has 2 aromatic rings. The highest BCUT2D eigenvalue weighted by Gasteiger charge is 2.02. The first-order chi connectivity index (χ1) is 9.63. The van der Waals surface area contributed by atoms with E-state index < -0.39 is 0 Å². The molecule has 1 heterocycles. The molecular formula is C17H22N2O. The highest BCUT2D eigenvalue weighted by atomic mass is 16.5. The zero-order valence-corrected chi connectivity index (χ0v) is 12.5. The van der Waals surface area contributed by atoms with Crippen molar-refractivity contribution in [2.24, 2.45) is 0 Å². The third-order valence-corrected chi connectivity index (χ3v) is 3.10. The minimum Gasteiger partial charge on any atom is -0.492 e. The lowest BCUT2D eigenvalue weighted by Gasteiger charge is -2.16. The van der Waals surface area contributed by atoms with Gasteiger partial charge in [-0.25, -0.2) is 0 Å². The van der Waals surface area contributed by atoms with Gasteiger partial charge in [0.05, 0.1) is 5.69 Å². The van der Waals surface area contributed by atoms with E-state index >= 15 is 0 Å². The number of rotatable bonds is 6. The molecule has 0 N–H and O–H groups in total. The van der Waals surface area contributed by atoms with Crippen LogP contribution >= 0.6 is 0 Å². The van der Waals surface area contributed by atoms with E-state index in [0.29, 0.717) is 6.61 Å². The normalized spacial score (nSPS) is 10.8. The van der Waals surface area contributed by atoms with Crippen molar-refractivity contribution in [3.05, 3.63) is 59.4 Å². The van der Waals surface area contributed by atoms with Gasteiger partial charge >= 0.3 is 0 Å². The first-order valence-electron chi connectivity index (χ1n) is 6.93. The van der Waals surface area contributed by atoms with Gasteiger partial charge in [0, 0.05) is 19.3 Å². The number of aromatic nitrogens is 1. The monoisotopic (exact) mass is 270 g/mol. The first-order valence-corrected chi connectivity index (χ1v) is 6.93. The van der Waals surface area contributed by atoms with Crippen molar-refractivity contribution in [3.63, 3.8) is 0 Å². The van der Waals surface area contributed by atoms with Gasteiger partial charge in [-0.1, -0.05) is 12.1 Å². The minimum absolute atomic E-state index is 0.687. The third-order valence-electron chi connectivity index (χ3n) is 3.10. The van der Waals surface area contributed by atoms with Crippen molar-refractivity contribution in [1.82, 2.24) is 9.88 Å². The van der Waals surface area contributed by atoms with E-state index in [4.69, 9.17) is 4.74 Å². The topological polar surface area (TPSA) is 25.4 Å². The molecule has 0 unspecified atom stereocenters. The fourth-order valence-corrected chi connectivity index (χ4v) is 2.18. The number of hydrogen-bond acceptors (Lipinski definition) is 3. The lowest BCUT2D eigenvalue weighted by atomic mass is 10.1. The Labute approximate surface area is 121 Å². The van der Waals surface area contributed by atoms with E-state index in [1.165, 1.54) is 11.1 Å². The van der Waals surface area contributed by atoms with Crippen LogP contribution in [0, 0.1) is 13.8 Å². The van der Waals surface area contributed by atoms with Gasteiger partial charge in [0.25, 0.3) is 0 Å².